The molecule has 1 amide bonds. The zero-order valence-electron chi connectivity index (χ0n) is 14.9. The number of aromatic nitrogens is 2. The number of amides is 1. The van der Waals surface area contributed by atoms with Gasteiger partial charge in [-0.05, 0) is 23.6 Å². The molecule has 0 saturated carbocycles. The zero-order valence-corrected chi connectivity index (χ0v) is 17.3. The van der Waals surface area contributed by atoms with Gasteiger partial charge >= 0.3 is 0 Å². The van der Waals surface area contributed by atoms with Crippen LogP contribution in [0.5, 0.6) is 0 Å². The van der Waals surface area contributed by atoms with Gasteiger partial charge < -0.3 is 14.9 Å². The molecule has 11 heteroatoms. The van der Waals surface area contributed by atoms with E-state index in [2.05, 4.69) is 9.97 Å². The molecule has 1 N–H and O–H groups in total. The van der Waals surface area contributed by atoms with Gasteiger partial charge in [0, 0.05) is 26.2 Å². The summed E-state index contributed by atoms with van der Waals surface area (Å²) in [6.07, 6.45) is 0. The Morgan fingerprint density at radius 3 is 2.59 bits per heavy atom. The topological polar surface area (TPSA) is 69.6 Å². The first-order valence-corrected chi connectivity index (χ1v) is 9.77. The van der Waals surface area contributed by atoms with Gasteiger partial charge in [-0.1, -0.05) is 11.6 Å². The third-order valence-electron chi connectivity index (χ3n) is 4.60. The average Bonchev–Trinajstić information content (AvgIpc) is 3.18. The Balaban J connectivity index is 0.00000240. The summed E-state index contributed by atoms with van der Waals surface area (Å²) >= 11 is 7.10. The smallest absolute Gasteiger partial charge is 0.248 e. The number of aliphatic hydroxyl groups excluding tert-OH is 1. The summed E-state index contributed by atoms with van der Waals surface area (Å²) in [7, 11) is 0. The molecule has 1 saturated heterocycles. The Labute approximate surface area is 180 Å². The van der Waals surface area contributed by atoms with Gasteiger partial charge in [0.15, 0.2) is 11.6 Å². The van der Waals surface area contributed by atoms with Gasteiger partial charge in [-0.25, -0.2) is 18.7 Å². The molecule has 0 aliphatic carbocycles. The first-order valence-electron chi connectivity index (χ1n) is 8.51. The summed E-state index contributed by atoms with van der Waals surface area (Å²) in [5, 5.41) is 10.6. The molecule has 29 heavy (non-hydrogen) atoms. The Bertz CT molecular complexity index is 1060. The lowest BCUT2D eigenvalue weighted by Crippen LogP contribution is -2.49. The van der Waals surface area contributed by atoms with Crippen LogP contribution in [0.15, 0.2) is 23.6 Å². The average molecular weight is 461 g/mol. The predicted octanol–water partition coefficient (Wildman–Crippen LogP) is 3.35. The molecule has 6 nitrogen and oxygen atoms in total. The van der Waals surface area contributed by atoms with E-state index in [9.17, 15) is 13.6 Å². The second-order valence-electron chi connectivity index (χ2n) is 6.28. The highest BCUT2D eigenvalue weighted by Crippen LogP contribution is 2.33. The lowest BCUT2D eigenvalue weighted by atomic mass is 10.2. The van der Waals surface area contributed by atoms with Crippen molar-refractivity contribution in [1.29, 1.82) is 0 Å². The second-order valence-corrected chi connectivity index (χ2v) is 7.60. The van der Waals surface area contributed by atoms with E-state index in [0.29, 0.717) is 37.5 Å². The van der Waals surface area contributed by atoms with Crippen LogP contribution in [0.25, 0.3) is 21.6 Å². The first-order chi connectivity index (χ1) is 13.5. The first kappa shape index (κ1) is 21.6. The van der Waals surface area contributed by atoms with Gasteiger partial charge in [0.1, 0.15) is 18.2 Å². The summed E-state index contributed by atoms with van der Waals surface area (Å²) < 4.78 is 29.1. The van der Waals surface area contributed by atoms with Gasteiger partial charge in [0.2, 0.25) is 5.91 Å². The molecule has 0 radical (unpaired) electrons. The van der Waals surface area contributed by atoms with E-state index in [1.165, 1.54) is 11.3 Å². The van der Waals surface area contributed by atoms with E-state index >= 15 is 0 Å². The molecule has 1 aromatic carbocycles. The fourth-order valence-electron chi connectivity index (χ4n) is 3.14. The molecule has 2 aromatic heterocycles. The van der Waals surface area contributed by atoms with E-state index in [4.69, 9.17) is 16.7 Å². The van der Waals surface area contributed by atoms with E-state index in [0.717, 1.165) is 16.8 Å². The number of fused-ring (bicyclic) bond motifs is 1. The normalized spacial score (nSPS) is 14.2. The molecule has 0 unspecified atom stereocenters. The highest BCUT2D eigenvalue weighted by atomic mass is 35.5. The number of nitrogens with zero attached hydrogens (tertiary/aromatic N) is 4. The number of hydrogen-bond donors (Lipinski definition) is 1. The van der Waals surface area contributed by atoms with Gasteiger partial charge in [-0.3, -0.25) is 4.79 Å². The van der Waals surface area contributed by atoms with Gasteiger partial charge in [-0.15, -0.1) is 23.7 Å². The number of hydrogen-bond acceptors (Lipinski definition) is 6. The lowest BCUT2D eigenvalue weighted by molar-refractivity contribution is -0.134. The minimum atomic E-state index is -0.746. The summed E-state index contributed by atoms with van der Waals surface area (Å²) in [4.78, 5) is 24.1. The van der Waals surface area contributed by atoms with Crippen molar-refractivity contribution in [2.45, 2.75) is 0 Å². The van der Waals surface area contributed by atoms with Gasteiger partial charge in [-0.2, -0.15) is 0 Å². The van der Waals surface area contributed by atoms with Crippen LogP contribution in [0.3, 0.4) is 0 Å². The van der Waals surface area contributed by atoms with Crippen molar-refractivity contribution < 1.29 is 18.7 Å². The van der Waals surface area contributed by atoms with E-state index in [1.807, 2.05) is 10.3 Å². The molecular formula is C18H16Cl2F2N4O2S. The number of carbonyl (C=O) groups is 1. The van der Waals surface area contributed by atoms with E-state index in [1.54, 1.807) is 11.0 Å². The summed E-state index contributed by atoms with van der Waals surface area (Å²) in [6.45, 7) is 1.37. The molecule has 1 fully saturated rings. The van der Waals surface area contributed by atoms with Crippen LogP contribution < -0.4 is 4.90 Å². The monoisotopic (exact) mass is 460 g/mol. The van der Waals surface area contributed by atoms with Crippen molar-refractivity contribution in [3.05, 3.63) is 40.2 Å². The second kappa shape index (κ2) is 8.74. The van der Waals surface area contributed by atoms with Crippen molar-refractivity contribution in [2.75, 3.05) is 37.7 Å². The van der Waals surface area contributed by atoms with Crippen molar-refractivity contribution in [3.63, 3.8) is 0 Å². The van der Waals surface area contributed by atoms with Crippen molar-refractivity contribution in [1.82, 2.24) is 14.9 Å². The molecule has 1 aliphatic heterocycles. The van der Waals surface area contributed by atoms with Crippen molar-refractivity contribution in [3.8, 4) is 11.4 Å². The SMILES string of the molecule is Cl.O=C(CO)N1CCN(c2nc(-c3cc(F)c(Cl)cc3F)nc3ccsc23)CC1. The predicted molar refractivity (Wildman–Crippen MR) is 111 cm³/mol. The molecule has 1 aliphatic rings. The molecule has 154 valence electrons. The van der Waals surface area contributed by atoms with Gasteiger partial charge in [0.05, 0.1) is 20.8 Å². The quantitative estimate of drug-likeness (QED) is 0.606. The van der Waals surface area contributed by atoms with Crippen LogP contribution in [0.1, 0.15) is 0 Å². The van der Waals surface area contributed by atoms with Crippen LogP contribution in [0.2, 0.25) is 5.02 Å². The van der Waals surface area contributed by atoms with Crippen LogP contribution >= 0.6 is 35.3 Å². The molecule has 0 atom stereocenters. The lowest BCUT2D eigenvalue weighted by Gasteiger charge is -2.35. The molecular weight excluding hydrogens is 445 g/mol. The minimum Gasteiger partial charge on any atom is -0.387 e. The third-order valence-corrected chi connectivity index (χ3v) is 5.79. The third kappa shape index (κ3) is 4.13. The Kier molecular flexibility index (Phi) is 6.52. The largest absolute Gasteiger partial charge is 0.387 e. The maximum absolute atomic E-state index is 14.4. The standard InChI is InChI=1S/C18H15ClF2N4O2S.ClH/c19-11-8-12(20)10(7-13(11)21)17-22-14-1-6-28-16(14)18(23-17)25-4-2-24(3-5-25)15(27)9-26;/h1,6-8,26H,2-5,9H2;1H. The summed E-state index contributed by atoms with van der Waals surface area (Å²) in [5.74, 6) is -1.08. The molecule has 0 bridgehead atoms. The molecule has 4 rings (SSSR count). The number of aliphatic hydroxyl groups is 1. The van der Waals surface area contributed by atoms with Crippen LogP contribution in [-0.4, -0.2) is 58.7 Å². The van der Waals surface area contributed by atoms with Crippen molar-refractivity contribution in [2.24, 2.45) is 0 Å². The Morgan fingerprint density at radius 2 is 1.90 bits per heavy atom. The van der Waals surface area contributed by atoms with Crippen LogP contribution in [-0.2, 0) is 4.79 Å². The number of benzene rings is 1. The number of halogens is 4. The summed E-state index contributed by atoms with van der Waals surface area (Å²) in [5.41, 5.74) is 0.568. The molecule has 0 spiro atoms. The maximum Gasteiger partial charge on any atom is 0.248 e. The highest BCUT2D eigenvalue weighted by Gasteiger charge is 2.24. The fourth-order valence-corrected chi connectivity index (χ4v) is 4.14. The minimum absolute atomic E-state index is 0. The van der Waals surface area contributed by atoms with Crippen LogP contribution in [0, 0.1) is 11.6 Å². The zero-order chi connectivity index (χ0) is 19.8. The number of anilines is 1. The van der Waals surface area contributed by atoms with E-state index < -0.39 is 18.2 Å². The van der Waals surface area contributed by atoms with E-state index in [-0.39, 0.29) is 34.7 Å². The number of rotatable bonds is 3. The number of piperazine rings is 1. The van der Waals surface area contributed by atoms with Crippen molar-refractivity contribution >= 4 is 57.3 Å². The Hall–Kier alpha value is -2.07. The molecule has 3 aromatic rings. The number of carbonyl (C=O) groups excluding carboxylic acids is 1. The highest BCUT2D eigenvalue weighted by molar-refractivity contribution is 7.17. The molecule has 3 heterocycles. The number of thiophene rings is 1. The summed E-state index contributed by atoms with van der Waals surface area (Å²) in [6, 6.07) is 3.70. The van der Waals surface area contributed by atoms with Crippen LogP contribution in [0.4, 0.5) is 14.6 Å². The van der Waals surface area contributed by atoms with Gasteiger partial charge in [0.25, 0.3) is 0 Å². The maximum atomic E-state index is 14.4. The Morgan fingerprint density at radius 1 is 1.17 bits per heavy atom. The fraction of sp³-hybridized carbons (Fsp3) is 0.278.